The van der Waals surface area contributed by atoms with Gasteiger partial charge in [0.2, 0.25) is 0 Å². The van der Waals surface area contributed by atoms with Crippen molar-refractivity contribution in [3.8, 4) is 17.2 Å². The fraction of sp³-hybridized carbons (Fsp3) is 0.231. The molecule has 6 heteroatoms. The van der Waals surface area contributed by atoms with Crippen LogP contribution in [0, 0.1) is 13.8 Å². The predicted molar refractivity (Wildman–Crippen MR) is 124 cm³/mol. The van der Waals surface area contributed by atoms with Gasteiger partial charge in [-0.1, -0.05) is 23.8 Å². The van der Waals surface area contributed by atoms with Crippen molar-refractivity contribution < 1.29 is 23.8 Å². The summed E-state index contributed by atoms with van der Waals surface area (Å²) in [6.45, 7) is 3.96. The number of nitrogens with one attached hydrogen (secondary N) is 1. The van der Waals surface area contributed by atoms with Gasteiger partial charge in [-0.25, -0.2) is 0 Å². The van der Waals surface area contributed by atoms with Gasteiger partial charge in [0.25, 0.3) is 5.91 Å². The van der Waals surface area contributed by atoms with E-state index in [1.165, 1.54) is 0 Å². The highest BCUT2D eigenvalue weighted by molar-refractivity contribution is 6.04. The second-order valence-electron chi connectivity index (χ2n) is 7.46. The third-order valence-electron chi connectivity index (χ3n) is 5.04. The molecule has 0 atom stereocenters. The number of aryl methyl sites for hydroxylation is 3. The van der Waals surface area contributed by atoms with Crippen LogP contribution < -0.4 is 19.5 Å². The molecule has 0 heterocycles. The Morgan fingerprint density at radius 2 is 1.56 bits per heavy atom. The van der Waals surface area contributed by atoms with E-state index in [4.69, 9.17) is 14.2 Å². The van der Waals surface area contributed by atoms with E-state index in [9.17, 15) is 9.59 Å². The number of esters is 1. The zero-order valence-electron chi connectivity index (χ0n) is 18.7. The first-order valence-corrected chi connectivity index (χ1v) is 10.3. The first-order chi connectivity index (χ1) is 15.4. The summed E-state index contributed by atoms with van der Waals surface area (Å²) in [4.78, 5) is 24.7. The number of ether oxygens (including phenoxy) is 3. The summed E-state index contributed by atoms with van der Waals surface area (Å²) in [6.07, 6.45) is 0.722. The summed E-state index contributed by atoms with van der Waals surface area (Å²) < 4.78 is 15.9. The highest BCUT2D eigenvalue weighted by Gasteiger charge is 2.11. The van der Waals surface area contributed by atoms with Crippen LogP contribution in [0.25, 0.3) is 0 Å². The van der Waals surface area contributed by atoms with Crippen LogP contribution in [0.4, 0.5) is 5.69 Å². The Hall–Kier alpha value is -3.80. The van der Waals surface area contributed by atoms with E-state index < -0.39 is 0 Å². The molecule has 3 aromatic rings. The molecule has 0 fully saturated rings. The van der Waals surface area contributed by atoms with Crippen LogP contribution in [0.5, 0.6) is 17.2 Å². The van der Waals surface area contributed by atoms with Gasteiger partial charge in [-0.3, -0.25) is 9.59 Å². The van der Waals surface area contributed by atoms with Crippen LogP contribution in [0.1, 0.15) is 33.5 Å². The van der Waals surface area contributed by atoms with E-state index in [1.54, 1.807) is 44.6 Å². The maximum atomic E-state index is 12.5. The van der Waals surface area contributed by atoms with Crippen LogP contribution >= 0.6 is 0 Å². The SMILES string of the molecule is COc1ccc(CCC(=O)Oc2ccc(C(=O)Nc3ccc(C)cc3C)cc2)cc1OC. The van der Waals surface area contributed by atoms with Crippen molar-refractivity contribution >= 4 is 17.6 Å². The Balaban J connectivity index is 1.54. The molecule has 166 valence electrons. The van der Waals surface area contributed by atoms with Crippen molar-refractivity contribution in [2.24, 2.45) is 0 Å². The number of hydrogen-bond acceptors (Lipinski definition) is 5. The molecule has 0 aromatic heterocycles. The Morgan fingerprint density at radius 1 is 0.844 bits per heavy atom. The van der Waals surface area contributed by atoms with E-state index in [2.05, 4.69) is 5.32 Å². The summed E-state index contributed by atoms with van der Waals surface area (Å²) in [5.74, 6) is 1.08. The fourth-order valence-electron chi connectivity index (χ4n) is 3.29. The third kappa shape index (κ3) is 5.88. The lowest BCUT2D eigenvalue weighted by molar-refractivity contribution is -0.134. The second-order valence-corrected chi connectivity index (χ2v) is 7.46. The molecule has 0 saturated carbocycles. The second kappa shape index (κ2) is 10.5. The topological polar surface area (TPSA) is 73.9 Å². The molecule has 1 amide bonds. The summed E-state index contributed by atoms with van der Waals surface area (Å²) in [5.41, 5.74) is 4.33. The Labute approximate surface area is 188 Å². The van der Waals surface area contributed by atoms with Crippen molar-refractivity contribution in [1.82, 2.24) is 0 Å². The fourth-order valence-corrected chi connectivity index (χ4v) is 3.29. The van der Waals surface area contributed by atoms with E-state index in [0.29, 0.717) is 29.2 Å². The van der Waals surface area contributed by atoms with Gasteiger partial charge in [-0.15, -0.1) is 0 Å². The Morgan fingerprint density at radius 3 is 2.22 bits per heavy atom. The molecular weight excluding hydrogens is 406 g/mol. The molecule has 0 radical (unpaired) electrons. The Bertz CT molecular complexity index is 1110. The minimum absolute atomic E-state index is 0.213. The molecule has 0 spiro atoms. The molecule has 0 bridgehead atoms. The van der Waals surface area contributed by atoms with Crippen LogP contribution in [-0.2, 0) is 11.2 Å². The van der Waals surface area contributed by atoms with Gasteiger partial charge in [0.15, 0.2) is 11.5 Å². The lowest BCUT2D eigenvalue weighted by Crippen LogP contribution is -2.13. The van der Waals surface area contributed by atoms with Crippen LogP contribution in [0.3, 0.4) is 0 Å². The van der Waals surface area contributed by atoms with Crippen molar-refractivity contribution in [3.05, 3.63) is 82.9 Å². The van der Waals surface area contributed by atoms with Gasteiger partial charge in [-0.05, 0) is 73.9 Å². The quantitative estimate of drug-likeness (QED) is 0.395. The summed E-state index contributed by atoms with van der Waals surface area (Å²) in [6, 6.07) is 17.9. The molecule has 0 unspecified atom stereocenters. The molecule has 1 N–H and O–H groups in total. The standard InChI is InChI=1S/C26H27NO5/c1-17-5-12-22(18(2)15-17)27-26(29)20-8-10-21(11-9-20)32-25(28)14-7-19-6-13-23(30-3)24(16-19)31-4/h5-6,8-13,15-16H,7,14H2,1-4H3,(H,27,29). The van der Waals surface area contributed by atoms with Gasteiger partial charge >= 0.3 is 5.97 Å². The monoisotopic (exact) mass is 433 g/mol. The number of anilines is 1. The van der Waals surface area contributed by atoms with Crippen LogP contribution in [0.15, 0.2) is 60.7 Å². The van der Waals surface area contributed by atoms with Gasteiger partial charge < -0.3 is 19.5 Å². The maximum absolute atomic E-state index is 12.5. The van der Waals surface area contributed by atoms with Crippen molar-refractivity contribution in [2.75, 3.05) is 19.5 Å². The molecule has 32 heavy (non-hydrogen) atoms. The number of rotatable bonds is 8. The van der Waals surface area contributed by atoms with E-state index >= 15 is 0 Å². The lowest BCUT2D eigenvalue weighted by Gasteiger charge is -2.10. The number of carbonyl (C=O) groups excluding carboxylic acids is 2. The van der Waals surface area contributed by atoms with Crippen LogP contribution in [-0.4, -0.2) is 26.1 Å². The average molecular weight is 434 g/mol. The molecule has 3 aromatic carbocycles. The largest absolute Gasteiger partial charge is 0.493 e. The van der Waals surface area contributed by atoms with E-state index in [1.807, 2.05) is 44.2 Å². The number of amides is 1. The smallest absolute Gasteiger partial charge is 0.311 e. The highest BCUT2D eigenvalue weighted by Crippen LogP contribution is 2.28. The number of methoxy groups -OCH3 is 2. The third-order valence-corrected chi connectivity index (χ3v) is 5.04. The van der Waals surface area contributed by atoms with Gasteiger partial charge in [0.1, 0.15) is 5.75 Å². The lowest BCUT2D eigenvalue weighted by atomic mass is 10.1. The van der Waals surface area contributed by atoms with Crippen LogP contribution in [0.2, 0.25) is 0 Å². The molecule has 0 aliphatic rings. The van der Waals surface area contributed by atoms with Gasteiger partial charge in [0, 0.05) is 17.7 Å². The first kappa shape index (κ1) is 22.9. The maximum Gasteiger partial charge on any atom is 0.311 e. The Kier molecular flexibility index (Phi) is 7.49. The molecule has 0 aliphatic carbocycles. The van der Waals surface area contributed by atoms with Crippen molar-refractivity contribution in [1.29, 1.82) is 0 Å². The first-order valence-electron chi connectivity index (χ1n) is 10.3. The zero-order chi connectivity index (χ0) is 23.1. The molecule has 6 nitrogen and oxygen atoms in total. The minimum Gasteiger partial charge on any atom is -0.493 e. The van der Waals surface area contributed by atoms with Crippen molar-refractivity contribution in [2.45, 2.75) is 26.7 Å². The average Bonchev–Trinajstić information content (AvgIpc) is 2.79. The molecule has 3 rings (SSSR count). The highest BCUT2D eigenvalue weighted by atomic mass is 16.5. The summed E-state index contributed by atoms with van der Waals surface area (Å²) in [7, 11) is 3.15. The minimum atomic E-state index is -0.354. The number of benzene rings is 3. The molecular formula is C26H27NO5. The number of hydrogen-bond donors (Lipinski definition) is 1. The normalized spacial score (nSPS) is 10.4. The van der Waals surface area contributed by atoms with Crippen molar-refractivity contribution in [3.63, 3.8) is 0 Å². The summed E-state index contributed by atoms with van der Waals surface area (Å²) >= 11 is 0. The molecule has 0 aliphatic heterocycles. The van der Waals surface area contributed by atoms with Gasteiger partial charge in [0.05, 0.1) is 14.2 Å². The summed E-state index contributed by atoms with van der Waals surface area (Å²) in [5, 5.41) is 2.90. The zero-order valence-corrected chi connectivity index (χ0v) is 18.7. The number of carbonyl (C=O) groups is 2. The van der Waals surface area contributed by atoms with E-state index in [0.717, 1.165) is 22.4 Å². The molecule has 0 saturated heterocycles. The van der Waals surface area contributed by atoms with E-state index in [-0.39, 0.29) is 18.3 Å². The predicted octanol–water partition coefficient (Wildman–Crippen LogP) is 5.11. The van der Waals surface area contributed by atoms with Gasteiger partial charge in [-0.2, -0.15) is 0 Å².